The number of benzene rings is 1. The summed E-state index contributed by atoms with van der Waals surface area (Å²) in [6.45, 7) is 3.48. The van der Waals surface area contributed by atoms with Gasteiger partial charge in [-0.2, -0.15) is 0 Å². The normalized spacial score (nSPS) is 27.2. The van der Waals surface area contributed by atoms with E-state index in [0.29, 0.717) is 19.8 Å². The van der Waals surface area contributed by atoms with Gasteiger partial charge in [0.05, 0.1) is 24.5 Å². The fourth-order valence-electron chi connectivity index (χ4n) is 3.17. The molecule has 0 saturated carbocycles. The van der Waals surface area contributed by atoms with E-state index in [1.807, 2.05) is 37.3 Å². The fourth-order valence-corrected chi connectivity index (χ4v) is 3.17. The van der Waals surface area contributed by atoms with Crippen molar-refractivity contribution in [1.29, 1.82) is 0 Å². The van der Waals surface area contributed by atoms with Gasteiger partial charge in [-0.25, -0.2) is 0 Å². The van der Waals surface area contributed by atoms with Gasteiger partial charge < -0.3 is 14.7 Å². The first-order valence-corrected chi connectivity index (χ1v) is 7.16. The number of amides is 1. The number of carboxylic acids is 1. The third-order valence-corrected chi connectivity index (χ3v) is 4.51. The van der Waals surface area contributed by atoms with Gasteiger partial charge in [-0.15, -0.1) is 0 Å². The molecule has 2 saturated heterocycles. The highest BCUT2D eigenvalue weighted by Crippen LogP contribution is 2.37. The summed E-state index contributed by atoms with van der Waals surface area (Å²) < 4.78 is 5.14. The number of ether oxygens (including phenoxy) is 1. The summed E-state index contributed by atoms with van der Waals surface area (Å²) in [5.41, 5.74) is 0.504. The number of carbonyl (C=O) groups is 2. The zero-order valence-electron chi connectivity index (χ0n) is 12.0. The van der Waals surface area contributed by atoms with Gasteiger partial charge in [0.1, 0.15) is 0 Å². The van der Waals surface area contributed by atoms with E-state index >= 15 is 0 Å². The highest BCUT2D eigenvalue weighted by molar-refractivity contribution is 5.85. The second-order valence-electron chi connectivity index (χ2n) is 6.23. The van der Waals surface area contributed by atoms with Crippen molar-refractivity contribution >= 4 is 11.9 Å². The molecule has 21 heavy (non-hydrogen) atoms. The van der Waals surface area contributed by atoms with E-state index in [0.717, 1.165) is 5.56 Å². The van der Waals surface area contributed by atoms with Crippen molar-refractivity contribution in [2.24, 2.45) is 11.3 Å². The molecule has 0 aliphatic carbocycles. The van der Waals surface area contributed by atoms with Gasteiger partial charge in [-0.3, -0.25) is 9.59 Å². The van der Waals surface area contributed by atoms with Gasteiger partial charge >= 0.3 is 5.97 Å². The van der Waals surface area contributed by atoms with Crippen molar-refractivity contribution < 1.29 is 19.4 Å². The molecule has 0 aromatic heterocycles. The van der Waals surface area contributed by atoms with Crippen LogP contribution in [0.2, 0.25) is 0 Å². The van der Waals surface area contributed by atoms with Crippen LogP contribution in [0.4, 0.5) is 0 Å². The number of aliphatic carboxylic acids is 1. The van der Waals surface area contributed by atoms with Gasteiger partial charge in [0.15, 0.2) is 0 Å². The molecule has 3 rings (SSSR count). The Bertz CT molecular complexity index is 553. The van der Waals surface area contributed by atoms with Crippen molar-refractivity contribution in [3.05, 3.63) is 35.9 Å². The van der Waals surface area contributed by atoms with Crippen LogP contribution in [0.15, 0.2) is 30.3 Å². The lowest BCUT2D eigenvalue weighted by Gasteiger charge is -2.39. The van der Waals surface area contributed by atoms with E-state index in [4.69, 9.17) is 4.74 Å². The van der Waals surface area contributed by atoms with Crippen LogP contribution in [-0.4, -0.2) is 48.2 Å². The van der Waals surface area contributed by atoms with E-state index in [9.17, 15) is 14.7 Å². The first kappa shape index (κ1) is 14.1. The summed E-state index contributed by atoms with van der Waals surface area (Å²) in [6.07, 6.45) is 0. The maximum Gasteiger partial charge on any atom is 0.308 e. The molecule has 5 heteroatoms. The summed E-state index contributed by atoms with van der Waals surface area (Å²) in [6, 6.07) is 9.58. The molecule has 1 aromatic rings. The summed E-state index contributed by atoms with van der Waals surface area (Å²) in [5, 5.41) is 9.46. The average Bonchev–Trinajstić information content (AvgIpc) is 2.90. The van der Waals surface area contributed by atoms with Crippen LogP contribution in [0.5, 0.6) is 0 Å². The van der Waals surface area contributed by atoms with Crippen LogP contribution in [-0.2, 0) is 14.3 Å². The predicted molar refractivity (Wildman–Crippen MR) is 75.8 cm³/mol. The Hall–Kier alpha value is -1.88. The van der Waals surface area contributed by atoms with Crippen LogP contribution >= 0.6 is 0 Å². The number of nitrogens with zero attached hydrogens (tertiary/aromatic N) is 1. The van der Waals surface area contributed by atoms with Crippen LogP contribution in [0.1, 0.15) is 18.4 Å². The highest BCUT2D eigenvalue weighted by Gasteiger charge is 2.48. The van der Waals surface area contributed by atoms with Crippen molar-refractivity contribution in [1.82, 2.24) is 4.90 Å². The Labute approximate surface area is 123 Å². The predicted octanol–water partition coefficient (Wildman–Crippen LogP) is 1.35. The summed E-state index contributed by atoms with van der Waals surface area (Å²) in [4.78, 5) is 25.8. The Kier molecular flexibility index (Phi) is 3.45. The lowest BCUT2D eigenvalue weighted by atomic mass is 9.87. The molecule has 1 aromatic carbocycles. The maximum absolute atomic E-state index is 12.5. The third-order valence-electron chi connectivity index (χ3n) is 4.51. The third kappa shape index (κ3) is 2.42. The van der Waals surface area contributed by atoms with E-state index in [-0.39, 0.29) is 18.4 Å². The number of likely N-dealkylation sites (tertiary alicyclic amines) is 1. The molecule has 2 aliphatic heterocycles. The molecule has 5 nitrogen and oxygen atoms in total. The molecular formula is C16H19NO4. The van der Waals surface area contributed by atoms with Crippen molar-refractivity contribution in [2.75, 3.05) is 26.3 Å². The zero-order chi connectivity index (χ0) is 15.0. The smallest absolute Gasteiger partial charge is 0.308 e. The molecule has 1 amide bonds. The number of hydrogen-bond donors (Lipinski definition) is 1. The topological polar surface area (TPSA) is 66.8 Å². The Morgan fingerprint density at radius 2 is 1.90 bits per heavy atom. The molecule has 2 atom stereocenters. The number of carbonyl (C=O) groups excluding carboxylic acids is 1. The standard InChI is InChI=1S/C16H19NO4/c1-16(9-21-10-16)15(20)17-7-12(13(8-17)14(18)19)11-5-3-2-4-6-11/h2-6,12-13H,7-10H2,1H3,(H,18,19)/t12-,13+/m0/s1. The molecule has 1 N–H and O–H groups in total. The second kappa shape index (κ2) is 5.15. The highest BCUT2D eigenvalue weighted by atomic mass is 16.5. The van der Waals surface area contributed by atoms with Crippen molar-refractivity contribution in [3.63, 3.8) is 0 Å². The Balaban J connectivity index is 1.81. The van der Waals surface area contributed by atoms with Crippen molar-refractivity contribution in [3.8, 4) is 0 Å². The van der Waals surface area contributed by atoms with Gasteiger partial charge in [-0.05, 0) is 12.5 Å². The number of hydrogen-bond acceptors (Lipinski definition) is 3. The molecule has 112 valence electrons. The van der Waals surface area contributed by atoms with Crippen LogP contribution in [0.25, 0.3) is 0 Å². The molecule has 0 unspecified atom stereocenters. The van der Waals surface area contributed by atoms with E-state index < -0.39 is 17.3 Å². The fraction of sp³-hybridized carbons (Fsp3) is 0.500. The Morgan fingerprint density at radius 3 is 2.43 bits per heavy atom. The minimum absolute atomic E-state index is 0.0124. The minimum Gasteiger partial charge on any atom is -0.481 e. The number of rotatable bonds is 3. The average molecular weight is 289 g/mol. The molecule has 0 bridgehead atoms. The van der Waals surface area contributed by atoms with Gasteiger partial charge in [0, 0.05) is 19.0 Å². The van der Waals surface area contributed by atoms with E-state index in [1.165, 1.54) is 0 Å². The van der Waals surface area contributed by atoms with E-state index in [1.54, 1.807) is 4.90 Å². The summed E-state index contributed by atoms with van der Waals surface area (Å²) >= 11 is 0. The Morgan fingerprint density at radius 1 is 1.24 bits per heavy atom. The lowest BCUT2D eigenvalue weighted by molar-refractivity contribution is -0.167. The summed E-state index contributed by atoms with van der Waals surface area (Å²) in [7, 11) is 0. The monoisotopic (exact) mass is 289 g/mol. The largest absolute Gasteiger partial charge is 0.481 e. The SMILES string of the molecule is CC1(C(=O)N2C[C@@H](C(=O)O)[C@H](c3ccccc3)C2)COC1. The van der Waals surface area contributed by atoms with Crippen LogP contribution in [0, 0.1) is 11.3 Å². The maximum atomic E-state index is 12.5. The lowest BCUT2D eigenvalue weighted by Crippen LogP contribution is -2.53. The molecular weight excluding hydrogens is 270 g/mol. The zero-order valence-corrected chi connectivity index (χ0v) is 12.0. The number of carboxylic acid groups (broad SMARTS) is 1. The van der Waals surface area contributed by atoms with Gasteiger partial charge in [0.2, 0.25) is 5.91 Å². The molecule has 2 heterocycles. The molecule has 2 aliphatic rings. The van der Waals surface area contributed by atoms with Gasteiger partial charge in [-0.1, -0.05) is 30.3 Å². The van der Waals surface area contributed by atoms with Crippen LogP contribution < -0.4 is 0 Å². The molecule has 0 radical (unpaired) electrons. The summed E-state index contributed by atoms with van der Waals surface area (Å²) in [5.74, 6) is -1.51. The van der Waals surface area contributed by atoms with E-state index in [2.05, 4.69) is 0 Å². The molecule has 0 spiro atoms. The molecule has 2 fully saturated rings. The first-order chi connectivity index (χ1) is 10.0. The minimum atomic E-state index is -0.839. The second-order valence-corrected chi connectivity index (χ2v) is 6.23. The van der Waals surface area contributed by atoms with Gasteiger partial charge in [0.25, 0.3) is 0 Å². The van der Waals surface area contributed by atoms with Crippen LogP contribution in [0.3, 0.4) is 0 Å². The van der Waals surface area contributed by atoms with Crippen molar-refractivity contribution in [2.45, 2.75) is 12.8 Å². The quantitative estimate of drug-likeness (QED) is 0.912. The first-order valence-electron chi connectivity index (χ1n) is 7.16.